The Kier molecular flexibility index (Phi) is 8.41. The van der Waals surface area contributed by atoms with E-state index in [1.165, 1.54) is 18.3 Å². The Morgan fingerprint density at radius 1 is 1.06 bits per heavy atom. The molecule has 0 aliphatic carbocycles. The van der Waals surface area contributed by atoms with Gasteiger partial charge in [0.15, 0.2) is 10.9 Å². The Morgan fingerprint density at radius 2 is 1.79 bits per heavy atom. The van der Waals surface area contributed by atoms with Gasteiger partial charge in [-0.15, -0.1) is 23.1 Å². The lowest BCUT2D eigenvalue weighted by Crippen LogP contribution is -2.23. The number of hydrogen-bond acceptors (Lipinski definition) is 7. The number of ether oxygens (including phenoxy) is 1. The number of thioether (sulfide) groups is 1. The number of esters is 1. The molecule has 1 aromatic heterocycles. The van der Waals surface area contributed by atoms with Gasteiger partial charge in [0.1, 0.15) is 6.61 Å². The summed E-state index contributed by atoms with van der Waals surface area (Å²) in [6, 6.07) is 13.2. The van der Waals surface area contributed by atoms with Gasteiger partial charge in [0.25, 0.3) is 0 Å². The van der Waals surface area contributed by atoms with Crippen LogP contribution in [0.4, 0.5) is 10.8 Å². The lowest BCUT2D eigenvalue weighted by Gasteiger charge is -2.20. The Labute approximate surface area is 202 Å². The number of nitrogens with zero attached hydrogens (tertiary/aromatic N) is 2. The molecule has 0 spiro atoms. The van der Waals surface area contributed by atoms with Crippen molar-refractivity contribution in [2.24, 2.45) is 0 Å². The molecule has 0 bridgehead atoms. The van der Waals surface area contributed by atoms with E-state index in [2.05, 4.69) is 4.98 Å². The Morgan fingerprint density at radius 3 is 2.42 bits per heavy atom. The van der Waals surface area contributed by atoms with E-state index in [1.54, 1.807) is 34.2 Å². The van der Waals surface area contributed by atoms with Crippen molar-refractivity contribution in [3.63, 3.8) is 0 Å². The van der Waals surface area contributed by atoms with Crippen LogP contribution in [0, 0.1) is 13.8 Å². The standard InChI is InChI=1S/C25H26N2O4S2/c1-16-5-10-22(17(2)13-16)27(18(3)28)25-26-20(15-33-25)14-31-24(30)12-11-23(29)19-6-8-21(32-4)9-7-19/h5-10,13,15H,11-12,14H2,1-4H3. The van der Waals surface area contributed by atoms with Gasteiger partial charge in [0.2, 0.25) is 5.91 Å². The van der Waals surface area contributed by atoms with E-state index in [9.17, 15) is 14.4 Å². The van der Waals surface area contributed by atoms with Crippen LogP contribution in [0.2, 0.25) is 0 Å². The summed E-state index contributed by atoms with van der Waals surface area (Å²) in [5.74, 6) is -0.707. The van der Waals surface area contributed by atoms with Crippen LogP contribution >= 0.6 is 23.1 Å². The zero-order valence-corrected chi connectivity index (χ0v) is 20.7. The van der Waals surface area contributed by atoms with Crippen LogP contribution in [0.25, 0.3) is 0 Å². The average Bonchev–Trinajstić information content (AvgIpc) is 3.26. The molecule has 0 N–H and O–H groups in total. The number of hydrogen-bond donors (Lipinski definition) is 0. The number of benzene rings is 2. The minimum absolute atomic E-state index is 0.00222. The van der Waals surface area contributed by atoms with Gasteiger partial charge < -0.3 is 4.74 Å². The molecule has 3 rings (SSSR count). The molecule has 0 unspecified atom stereocenters. The molecular formula is C25H26N2O4S2. The number of carbonyl (C=O) groups is 3. The van der Waals surface area contributed by atoms with E-state index in [-0.39, 0.29) is 31.1 Å². The normalized spacial score (nSPS) is 10.7. The van der Waals surface area contributed by atoms with E-state index in [0.717, 1.165) is 21.7 Å². The largest absolute Gasteiger partial charge is 0.459 e. The monoisotopic (exact) mass is 482 g/mol. The zero-order chi connectivity index (χ0) is 24.0. The average molecular weight is 483 g/mol. The summed E-state index contributed by atoms with van der Waals surface area (Å²) in [4.78, 5) is 43.9. The summed E-state index contributed by atoms with van der Waals surface area (Å²) in [5.41, 5.74) is 4.00. The number of ketones is 1. The molecule has 2 aromatic carbocycles. The summed E-state index contributed by atoms with van der Waals surface area (Å²) in [5, 5.41) is 2.28. The molecule has 0 saturated heterocycles. The molecule has 0 aliphatic heterocycles. The molecule has 0 fully saturated rings. The van der Waals surface area contributed by atoms with Crippen molar-refractivity contribution in [2.45, 2.75) is 45.1 Å². The second-order valence-electron chi connectivity index (χ2n) is 7.58. The maximum Gasteiger partial charge on any atom is 0.306 e. The second kappa shape index (κ2) is 11.2. The summed E-state index contributed by atoms with van der Waals surface area (Å²) in [6.07, 6.45) is 2.06. The lowest BCUT2D eigenvalue weighted by molar-refractivity contribution is -0.145. The highest BCUT2D eigenvalue weighted by Gasteiger charge is 2.20. The molecule has 0 atom stereocenters. The maximum atomic E-state index is 12.3. The van der Waals surface area contributed by atoms with E-state index >= 15 is 0 Å². The third kappa shape index (κ3) is 6.52. The Bertz CT molecular complexity index is 1160. The topological polar surface area (TPSA) is 76.6 Å². The van der Waals surface area contributed by atoms with Crippen molar-refractivity contribution >= 4 is 51.6 Å². The van der Waals surface area contributed by atoms with Crippen molar-refractivity contribution < 1.29 is 19.1 Å². The molecule has 0 radical (unpaired) electrons. The van der Waals surface area contributed by atoms with Crippen LogP contribution in [0.3, 0.4) is 0 Å². The number of carbonyl (C=O) groups excluding carboxylic acids is 3. The first kappa shape index (κ1) is 24.7. The fourth-order valence-electron chi connectivity index (χ4n) is 3.29. The summed E-state index contributed by atoms with van der Waals surface area (Å²) >= 11 is 2.92. The predicted molar refractivity (Wildman–Crippen MR) is 132 cm³/mol. The lowest BCUT2D eigenvalue weighted by atomic mass is 10.1. The van der Waals surface area contributed by atoms with Gasteiger partial charge >= 0.3 is 5.97 Å². The Balaban J connectivity index is 1.56. The van der Waals surface area contributed by atoms with Gasteiger partial charge in [0, 0.05) is 29.2 Å². The molecule has 0 saturated carbocycles. The number of thiazole rings is 1. The smallest absolute Gasteiger partial charge is 0.306 e. The second-order valence-corrected chi connectivity index (χ2v) is 9.29. The predicted octanol–water partition coefficient (Wildman–Crippen LogP) is 5.87. The number of Topliss-reactive ketones (excluding diaryl/α,β-unsaturated/α-hetero) is 1. The number of rotatable bonds is 9. The highest BCUT2D eigenvalue weighted by atomic mass is 32.2. The van der Waals surface area contributed by atoms with Crippen molar-refractivity contribution in [2.75, 3.05) is 11.2 Å². The van der Waals surface area contributed by atoms with Crippen LogP contribution in [0.5, 0.6) is 0 Å². The SMILES string of the molecule is CSc1ccc(C(=O)CCC(=O)OCc2csc(N(C(C)=O)c3ccc(C)cc3C)n2)cc1. The number of amides is 1. The van der Waals surface area contributed by atoms with Gasteiger partial charge in [-0.05, 0) is 43.9 Å². The van der Waals surface area contributed by atoms with Crippen molar-refractivity contribution in [3.8, 4) is 0 Å². The summed E-state index contributed by atoms with van der Waals surface area (Å²) in [6.45, 7) is 5.43. The number of aromatic nitrogens is 1. The third-order valence-electron chi connectivity index (χ3n) is 4.99. The van der Waals surface area contributed by atoms with Crippen molar-refractivity contribution in [1.82, 2.24) is 4.98 Å². The number of anilines is 2. The van der Waals surface area contributed by atoms with E-state index in [4.69, 9.17) is 4.74 Å². The maximum absolute atomic E-state index is 12.3. The minimum Gasteiger partial charge on any atom is -0.459 e. The third-order valence-corrected chi connectivity index (χ3v) is 6.61. The van der Waals surface area contributed by atoms with Crippen molar-refractivity contribution in [1.29, 1.82) is 0 Å². The summed E-state index contributed by atoms with van der Waals surface area (Å²) in [7, 11) is 0. The molecule has 8 heteroatoms. The molecule has 1 heterocycles. The number of aryl methyl sites for hydroxylation is 2. The highest BCUT2D eigenvalue weighted by Crippen LogP contribution is 2.32. The van der Waals surface area contributed by atoms with Crippen molar-refractivity contribution in [3.05, 3.63) is 70.2 Å². The molecule has 33 heavy (non-hydrogen) atoms. The first-order valence-electron chi connectivity index (χ1n) is 10.4. The first-order valence-corrected chi connectivity index (χ1v) is 12.5. The van der Waals surface area contributed by atoms with E-state index in [1.807, 2.05) is 50.4 Å². The van der Waals surface area contributed by atoms with Gasteiger partial charge in [-0.3, -0.25) is 19.3 Å². The quantitative estimate of drug-likeness (QED) is 0.216. The minimum atomic E-state index is -0.462. The fraction of sp³-hybridized carbons (Fsp3) is 0.280. The molecule has 3 aromatic rings. The highest BCUT2D eigenvalue weighted by molar-refractivity contribution is 7.98. The van der Waals surface area contributed by atoms with E-state index < -0.39 is 5.97 Å². The van der Waals surface area contributed by atoms with Crippen LogP contribution in [-0.4, -0.2) is 28.9 Å². The zero-order valence-electron chi connectivity index (χ0n) is 19.1. The van der Waals surface area contributed by atoms with Crippen LogP contribution in [0.1, 0.15) is 46.9 Å². The molecule has 172 valence electrons. The van der Waals surface area contributed by atoms with Crippen LogP contribution < -0.4 is 4.90 Å². The Hall–Kier alpha value is -2.97. The molecule has 0 aliphatic rings. The first-order chi connectivity index (χ1) is 15.8. The van der Waals surface area contributed by atoms with E-state index in [0.29, 0.717) is 16.4 Å². The molecular weight excluding hydrogens is 456 g/mol. The molecule has 1 amide bonds. The fourth-order valence-corrected chi connectivity index (χ4v) is 4.57. The van der Waals surface area contributed by atoms with Gasteiger partial charge in [-0.1, -0.05) is 29.8 Å². The van der Waals surface area contributed by atoms with Gasteiger partial charge in [-0.25, -0.2) is 4.98 Å². The van der Waals surface area contributed by atoms with Gasteiger partial charge in [-0.2, -0.15) is 0 Å². The van der Waals surface area contributed by atoms with Gasteiger partial charge in [0.05, 0.1) is 17.8 Å². The van der Waals surface area contributed by atoms with Crippen LogP contribution in [-0.2, 0) is 20.9 Å². The summed E-state index contributed by atoms with van der Waals surface area (Å²) < 4.78 is 5.30. The molecule has 6 nitrogen and oxygen atoms in total. The van der Waals surface area contributed by atoms with Crippen LogP contribution in [0.15, 0.2) is 52.7 Å².